The summed E-state index contributed by atoms with van der Waals surface area (Å²) in [5.41, 5.74) is 7.51. The molecule has 2 rings (SSSR count). The Morgan fingerprint density at radius 2 is 2.00 bits per heavy atom. The highest BCUT2D eigenvalue weighted by Gasteiger charge is 2.51. The Kier molecular flexibility index (Phi) is 3.38. The van der Waals surface area contributed by atoms with E-state index in [1.54, 1.807) is 18.2 Å². The number of nitrogens with two attached hydrogens (primary N) is 1. The van der Waals surface area contributed by atoms with Crippen LogP contribution in [0.5, 0.6) is 0 Å². The number of benzene rings is 1. The number of nitrogen functional groups attached to an aromatic ring is 1. The van der Waals surface area contributed by atoms with Crippen LogP contribution in [0.25, 0.3) is 0 Å². The Labute approximate surface area is 107 Å². The second-order valence-corrected chi connectivity index (χ2v) is 4.43. The van der Waals surface area contributed by atoms with Crippen molar-refractivity contribution < 1.29 is 22.4 Å². The molecule has 1 amide bonds. The number of amides is 1. The first-order valence-corrected chi connectivity index (χ1v) is 5.65. The number of alkyl halides is 4. The first-order valence-electron chi connectivity index (χ1n) is 5.65. The minimum Gasteiger partial charge on any atom is -0.399 e. The van der Waals surface area contributed by atoms with Gasteiger partial charge in [-0.05, 0) is 29.7 Å². The van der Waals surface area contributed by atoms with Crippen molar-refractivity contribution >= 4 is 11.6 Å². The quantitative estimate of drug-likeness (QED) is 0.664. The minimum atomic E-state index is -4.64. The van der Waals surface area contributed by atoms with Crippen molar-refractivity contribution in [3.8, 4) is 0 Å². The second-order valence-electron chi connectivity index (χ2n) is 4.43. The fraction of sp³-hybridized carbons (Fsp3) is 0.417. The minimum absolute atomic E-state index is 0.00192. The van der Waals surface area contributed by atoms with Crippen molar-refractivity contribution in [3.05, 3.63) is 29.3 Å². The normalized spacial score (nSPS) is 15.5. The molecule has 1 aliphatic heterocycles. The van der Waals surface area contributed by atoms with E-state index in [2.05, 4.69) is 0 Å². The number of hydrogen-bond acceptors (Lipinski definition) is 2. The number of carbonyl (C=O) groups is 1. The van der Waals surface area contributed by atoms with E-state index in [1.807, 2.05) is 0 Å². The van der Waals surface area contributed by atoms with Gasteiger partial charge in [0.1, 0.15) is 0 Å². The molecule has 0 unspecified atom stereocenters. The van der Waals surface area contributed by atoms with E-state index in [1.165, 1.54) is 0 Å². The van der Waals surface area contributed by atoms with Crippen molar-refractivity contribution in [2.24, 2.45) is 0 Å². The molecule has 3 nitrogen and oxygen atoms in total. The molecule has 104 valence electrons. The zero-order valence-electron chi connectivity index (χ0n) is 9.88. The maximum Gasteiger partial charge on any atom is 0.383 e. The smallest absolute Gasteiger partial charge is 0.383 e. The van der Waals surface area contributed by atoms with Gasteiger partial charge in [0.2, 0.25) is 0 Å². The summed E-state index contributed by atoms with van der Waals surface area (Å²) in [7, 11) is 0. The molecule has 1 aliphatic rings. The van der Waals surface area contributed by atoms with Gasteiger partial charge in [-0.25, -0.2) is 8.78 Å². The molecule has 0 aromatic heterocycles. The zero-order chi connectivity index (χ0) is 14.2. The number of rotatable bonds is 2. The van der Waals surface area contributed by atoms with Crippen molar-refractivity contribution in [1.82, 2.24) is 4.90 Å². The number of anilines is 1. The molecule has 0 saturated carbocycles. The van der Waals surface area contributed by atoms with Crippen LogP contribution in [0, 0.1) is 0 Å². The Morgan fingerprint density at radius 3 is 2.63 bits per heavy atom. The number of hydrogen-bond donors (Lipinski definition) is 1. The van der Waals surface area contributed by atoms with E-state index in [0.29, 0.717) is 17.7 Å². The van der Waals surface area contributed by atoms with Crippen LogP contribution in [0.3, 0.4) is 0 Å². The van der Waals surface area contributed by atoms with Gasteiger partial charge in [0.15, 0.2) is 0 Å². The molecule has 0 aliphatic carbocycles. The lowest BCUT2D eigenvalue weighted by atomic mass is 9.98. The van der Waals surface area contributed by atoms with Crippen molar-refractivity contribution in [1.29, 1.82) is 0 Å². The van der Waals surface area contributed by atoms with Crippen molar-refractivity contribution in [2.75, 3.05) is 12.3 Å². The summed E-state index contributed by atoms with van der Waals surface area (Å²) >= 11 is 0. The van der Waals surface area contributed by atoms with Gasteiger partial charge in [0.05, 0.1) is 0 Å². The molecule has 0 saturated heterocycles. The molecule has 0 fully saturated rings. The number of halogens is 4. The average molecular weight is 276 g/mol. The molecule has 7 heteroatoms. The Bertz CT molecular complexity index is 505. The first-order chi connectivity index (χ1) is 8.82. The van der Waals surface area contributed by atoms with Crippen LogP contribution in [0.15, 0.2) is 18.2 Å². The third-order valence-electron chi connectivity index (χ3n) is 3.09. The third kappa shape index (κ3) is 2.50. The van der Waals surface area contributed by atoms with E-state index in [-0.39, 0.29) is 13.1 Å². The highest BCUT2D eigenvalue weighted by Crippen LogP contribution is 2.29. The summed E-state index contributed by atoms with van der Waals surface area (Å²) in [6, 6.07) is 4.98. The molecule has 2 N–H and O–H groups in total. The molecule has 1 aromatic rings. The number of nitrogens with zero attached hydrogens (tertiary/aromatic N) is 1. The molecule has 1 heterocycles. The fourth-order valence-corrected chi connectivity index (χ4v) is 2.05. The van der Waals surface area contributed by atoms with Crippen LogP contribution < -0.4 is 5.73 Å². The van der Waals surface area contributed by atoms with E-state index in [4.69, 9.17) is 5.73 Å². The van der Waals surface area contributed by atoms with Crippen LogP contribution in [-0.2, 0) is 17.8 Å². The van der Waals surface area contributed by atoms with E-state index < -0.39 is 18.3 Å². The summed E-state index contributed by atoms with van der Waals surface area (Å²) in [6.07, 6.45) is -3.65. The van der Waals surface area contributed by atoms with Gasteiger partial charge >= 0.3 is 12.3 Å². The standard InChI is InChI=1S/C12H12F4N2O/c13-10(14)12(15,16)11(19)18-4-3-7-1-2-9(17)5-8(7)6-18/h1-2,5,10H,3-4,6,17H2. The average Bonchev–Trinajstić information content (AvgIpc) is 2.36. The van der Waals surface area contributed by atoms with Crippen LogP contribution in [-0.4, -0.2) is 29.7 Å². The molecular formula is C12H12F4N2O. The molecule has 0 spiro atoms. The largest absolute Gasteiger partial charge is 0.399 e. The van der Waals surface area contributed by atoms with Crippen molar-refractivity contribution in [3.63, 3.8) is 0 Å². The lowest BCUT2D eigenvalue weighted by molar-refractivity contribution is -0.181. The monoisotopic (exact) mass is 276 g/mol. The highest BCUT2D eigenvalue weighted by atomic mass is 19.3. The highest BCUT2D eigenvalue weighted by molar-refractivity contribution is 5.84. The van der Waals surface area contributed by atoms with Crippen LogP contribution >= 0.6 is 0 Å². The summed E-state index contributed by atoms with van der Waals surface area (Å²) in [4.78, 5) is 12.2. The summed E-state index contributed by atoms with van der Waals surface area (Å²) in [5.74, 6) is -6.48. The third-order valence-corrected chi connectivity index (χ3v) is 3.09. The fourth-order valence-electron chi connectivity index (χ4n) is 2.05. The van der Waals surface area contributed by atoms with Crippen LogP contribution in [0.4, 0.5) is 23.2 Å². The predicted molar refractivity (Wildman–Crippen MR) is 60.9 cm³/mol. The van der Waals surface area contributed by atoms with E-state index in [9.17, 15) is 22.4 Å². The predicted octanol–water partition coefficient (Wildman–Crippen LogP) is 2.05. The maximum atomic E-state index is 13.0. The maximum absolute atomic E-state index is 13.0. The molecule has 1 aromatic carbocycles. The van der Waals surface area contributed by atoms with Crippen LogP contribution in [0.2, 0.25) is 0 Å². The van der Waals surface area contributed by atoms with Gasteiger partial charge < -0.3 is 10.6 Å². The van der Waals surface area contributed by atoms with Gasteiger partial charge in [-0.1, -0.05) is 6.07 Å². The summed E-state index contributed by atoms with van der Waals surface area (Å²) < 4.78 is 50.3. The topological polar surface area (TPSA) is 46.3 Å². The SMILES string of the molecule is Nc1ccc2c(c1)CN(C(=O)C(F)(F)C(F)F)CC2. The molecular weight excluding hydrogens is 264 g/mol. The Balaban J connectivity index is 2.20. The Hall–Kier alpha value is -1.79. The van der Waals surface area contributed by atoms with Gasteiger partial charge in [-0.3, -0.25) is 4.79 Å². The zero-order valence-corrected chi connectivity index (χ0v) is 9.88. The molecule has 0 bridgehead atoms. The number of carbonyl (C=O) groups excluding carboxylic acids is 1. The van der Waals surface area contributed by atoms with Crippen molar-refractivity contribution in [2.45, 2.75) is 25.3 Å². The number of fused-ring (bicyclic) bond motifs is 1. The van der Waals surface area contributed by atoms with Gasteiger partial charge in [0.25, 0.3) is 5.91 Å². The molecule has 19 heavy (non-hydrogen) atoms. The van der Waals surface area contributed by atoms with Gasteiger partial charge in [-0.2, -0.15) is 8.78 Å². The second kappa shape index (κ2) is 4.71. The van der Waals surface area contributed by atoms with Crippen LogP contribution in [0.1, 0.15) is 11.1 Å². The summed E-state index contributed by atoms with van der Waals surface area (Å²) in [5, 5.41) is 0. The lowest BCUT2D eigenvalue weighted by Gasteiger charge is -2.31. The van der Waals surface area contributed by atoms with Gasteiger partial charge in [-0.15, -0.1) is 0 Å². The summed E-state index contributed by atoms with van der Waals surface area (Å²) in [6.45, 7) is -0.125. The van der Waals surface area contributed by atoms with E-state index >= 15 is 0 Å². The molecule has 0 radical (unpaired) electrons. The Morgan fingerprint density at radius 1 is 1.32 bits per heavy atom. The molecule has 0 atom stereocenters. The van der Waals surface area contributed by atoms with Gasteiger partial charge in [0, 0.05) is 18.8 Å². The van der Waals surface area contributed by atoms with E-state index in [0.717, 1.165) is 10.5 Å². The first kappa shape index (κ1) is 13.6. The lowest BCUT2D eigenvalue weighted by Crippen LogP contribution is -2.49.